The zero-order chi connectivity index (χ0) is 17.9. The number of hydrogen-bond donors (Lipinski definition) is 2. The molecule has 1 aliphatic heterocycles. The highest BCUT2D eigenvalue weighted by Crippen LogP contribution is 2.43. The third kappa shape index (κ3) is 3.02. The van der Waals surface area contributed by atoms with Crippen LogP contribution in [0.5, 0.6) is 17.2 Å². The molecule has 1 amide bonds. The van der Waals surface area contributed by atoms with Crippen molar-refractivity contribution in [3.63, 3.8) is 0 Å². The van der Waals surface area contributed by atoms with Gasteiger partial charge in [-0.15, -0.1) is 0 Å². The Morgan fingerprint density at radius 1 is 0.923 bits per heavy atom. The summed E-state index contributed by atoms with van der Waals surface area (Å²) < 4.78 is 5.90. The second kappa shape index (κ2) is 6.72. The van der Waals surface area contributed by atoms with E-state index >= 15 is 0 Å². The highest BCUT2D eigenvalue weighted by Gasteiger charge is 2.32. The molecular weight excluding hydrogens is 328 g/mol. The van der Waals surface area contributed by atoms with Gasteiger partial charge >= 0.3 is 0 Å². The predicted molar refractivity (Wildman–Crippen MR) is 98.6 cm³/mol. The Labute approximate surface area is 150 Å². The Hall–Kier alpha value is -3.60. The fraction of sp³-hybridized carbons (Fsp3) is 0.0476. The van der Waals surface area contributed by atoms with Crippen LogP contribution >= 0.6 is 0 Å². The second-order valence-electron chi connectivity index (χ2n) is 5.94. The first-order valence-corrected chi connectivity index (χ1v) is 8.20. The zero-order valence-corrected chi connectivity index (χ0v) is 13.8. The maximum atomic E-state index is 12.8. The molecule has 0 aromatic heterocycles. The third-order valence-corrected chi connectivity index (χ3v) is 4.22. The number of amides is 1. The topological polar surface area (TPSA) is 70.9 Å². The summed E-state index contributed by atoms with van der Waals surface area (Å²) in [6.07, 6.45) is 1.54. The second-order valence-corrected chi connectivity index (χ2v) is 5.94. The fourth-order valence-corrected chi connectivity index (χ4v) is 2.99. The van der Waals surface area contributed by atoms with Crippen molar-refractivity contribution in [1.82, 2.24) is 5.43 Å². The van der Waals surface area contributed by atoms with Gasteiger partial charge in [0.05, 0.1) is 12.1 Å². The summed E-state index contributed by atoms with van der Waals surface area (Å²) in [5, 5.41) is 13.3. The van der Waals surface area contributed by atoms with E-state index in [1.165, 1.54) is 6.21 Å². The van der Waals surface area contributed by atoms with Gasteiger partial charge in [-0.3, -0.25) is 4.79 Å². The largest absolute Gasteiger partial charge is 0.508 e. The molecule has 128 valence electrons. The number of aromatic hydroxyl groups is 1. The fourth-order valence-electron chi connectivity index (χ4n) is 2.99. The molecule has 5 heteroatoms. The van der Waals surface area contributed by atoms with Gasteiger partial charge < -0.3 is 9.84 Å². The van der Waals surface area contributed by atoms with Crippen LogP contribution in [-0.2, 0) is 4.79 Å². The molecule has 4 rings (SSSR count). The lowest BCUT2D eigenvalue weighted by Gasteiger charge is -2.26. The maximum absolute atomic E-state index is 12.8. The van der Waals surface area contributed by atoms with Crippen molar-refractivity contribution in [2.24, 2.45) is 5.10 Å². The minimum absolute atomic E-state index is 0.182. The van der Waals surface area contributed by atoms with Crippen LogP contribution in [0.4, 0.5) is 0 Å². The number of phenols is 1. The molecular formula is C21H16N2O3. The molecule has 26 heavy (non-hydrogen) atoms. The molecule has 0 saturated carbocycles. The number of hydrazone groups is 1. The van der Waals surface area contributed by atoms with Gasteiger partial charge in [0.2, 0.25) is 0 Å². The number of carbonyl (C=O) groups excluding carboxylic acids is 1. The van der Waals surface area contributed by atoms with Gasteiger partial charge in [0.1, 0.15) is 17.2 Å². The summed E-state index contributed by atoms with van der Waals surface area (Å²) in [6, 6.07) is 21.6. The van der Waals surface area contributed by atoms with Gasteiger partial charge in [-0.05, 0) is 42.0 Å². The predicted octanol–water partition coefficient (Wildman–Crippen LogP) is 3.78. The minimum atomic E-state index is -0.492. The molecule has 3 aromatic carbocycles. The van der Waals surface area contributed by atoms with E-state index in [-0.39, 0.29) is 11.7 Å². The SMILES string of the molecule is O=C(NN=Cc1ccc(O)cc1)C1c2ccccc2Oc2ccccc21. The molecule has 3 aromatic rings. The zero-order valence-electron chi connectivity index (χ0n) is 13.8. The summed E-state index contributed by atoms with van der Waals surface area (Å²) in [4.78, 5) is 12.8. The first kappa shape index (κ1) is 15.9. The van der Waals surface area contributed by atoms with Gasteiger partial charge in [-0.2, -0.15) is 5.10 Å². The lowest BCUT2D eigenvalue weighted by Crippen LogP contribution is -2.28. The van der Waals surface area contributed by atoms with Crippen molar-refractivity contribution in [2.75, 3.05) is 0 Å². The van der Waals surface area contributed by atoms with E-state index < -0.39 is 5.92 Å². The first-order chi connectivity index (χ1) is 12.7. The van der Waals surface area contributed by atoms with Gasteiger partial charge in [0.25, 0.3) is 5.91 Å². The Bertz CT molecular complexity index is 935. The molecule has 0 saturated heterocycles. The monoisotopic (exact) mass is 344 g/mol. The van der Waals surface area contributed by atoms with Gasteiger partial charge in [0, 0.05) is 11.1 Å². The van der Waals surface area contributed by atoms with E-state index in [1.807, 2.05) is 48.5 Å². The number of phenolic OH excluding ortho intramolecular Hbond substituents is 1. The van der Waals surface area contributed by atoms with Crippen molar-refractivity contribution in [1.29, 1.82) is 0 Å². The number of benzene rings is 3. The van der Waals surface area contributed by atoms with Crippen LogP contribution in [0.1, 0.15) is 22.6 Å². The van der Waals surface area contributed by atoms with E-state index in [4.69, 9.17) is 4.74 Å². The van der Waals surface area contributed by atoms with E-state index in [0.29, 0.717) is 11.5 Å². The molecule has 1 aliphatic rings. The van der Waals surface area contributed by atoms with Gasteiger partial charge in [0.15, 0.2) is 0 Å². The minimum Gasteiger partial charge on any atom is -0.508 e. The average molecular weight is 344 g/mol. The van der Waals surface area contributed by atoms with Crippen LogP contribution in [-0.4, -0.2) is 17.2 Å². The lowest BCUT2D eigenvalue weighted by molar-refractivity contribution is -0.121. The van der Waals surface area contributed by atoms with Gasteiger partial charge in [-0.1, -0.05) is 36.4 Å². The number of fused-ring (bicyclic) bond motifs is 2. The molecule has 1 heterocycles. The van der Waals surface area contributed by atoms with Crippen molar-refractivity contribution >= 4 is 12.1 Å². The number of rotatable bonds is 3. The highest BCUT2D eigenvalue weighted by atomic mass is 16.5. The Balaban J connectivity index is 1.60. The van der Waals surface area contributed by atoms with Gasteiger partial charge in [-0.25, -0.2) is 5.43 Å². The Kier molecular flexibility index (Phi) is 4.11. The van der Waals surface area contributed by atoms with Crippen molar-refractivity contribution in [3.05, 3.63) is 89.5 Å². The summed E-state index contributed by atoms with van der Waals surface area (Å²) in [6.45, 7) is 0. The summed E-state index contributed by atoms with van der Waals surface area (Å²) in [5.41, 5.74) is 5.00. The summed E-state index contributed by atoms with van der Waals surface area (Å²) in [7, 11) is 0. The number of carbonyl (C=O) groups is 1. The lowest BCUT2D eigenvalue weighted by atomic mass is 9.87. The highest BCUT2D eigenvalue weighted by molar-refractivity contribution is 5.90. The normalized spacial score (nSPS) is 12.9. The molecule has 2 N–H and O–H groups in total. The average Bonchev–Trinajstić information content (AvgIpc) is 2.67. The number of para-hydroxylation sites is 2. The van der Waals surface area contributed by atoms with E-state index in [0.717, 1.165) is 16.7 Å². The molecule has 0 bridgehead atoms. The number of nitrogens with one attached hydrogen (secondary N) is 1. The van der Waals surface area contributed by atoms with E-state index in [9.17, 15) is 9.90 Å². The molecule has 0 fully saturated rings. The maximum Gasteiger partial charge on any atom is 0.252 e. The smallest absolute Gasteiger partial charge is 0.252 e. The quantitative estimate of drug-likeness (QED) is 0.561. The van der Waals surface area contributed by atoms with Crippen molar-refractivity contribution < 1.29 is 14.6 Å². The van der Waals surface area contributed by atoms with Crippen LogP contribution < -0.4 is 10.2 Å². The van der Waals surface area contributed by atoms with Crippen molar-refractivity contribution in [3.8, 4) is 17.2 Å². The van der Waals surface area contributed by atoms with Crippen LogP contribution in [0.3, 0.4) is 0 Å². The van der Waals surface area contributed by atoms with Crippen LogP contribution in [0.15, 0.2) is 77.9 Å². The van der Waals surface area contributed by atoms with Crippen LogP contribution in [0.25, 0.3) is 0 Å². The summed E-state index contributed by atoms with van der Waals surface area (Å²) in [5.74, 6) is 0.806. The molecule has 0 unspecified atom stereocenters. The summed E-state index contributed by atoms with van der Waals surface area (Å²) >= 11 is 0. The van der Waals surface area contributed by atoms with Crippen LogP contribution in [0, 0.1) is 0 Å². The van der Waals surface area contributed by atoms with Crippen LogP contribution in [0.2, 0.25) is 0 Å². The first-order valence-electron chi connectivity index (χ1n) is 8.20. The number of hydrogen-bond acceptors (Lipinski definition) is 4. The standard InChI is InChI=1S/C21H16N2O3/c24-15-11-9-14(10-12-15)13-22-23-21(25)20-16-5-1-3-7-18(16)26-19-8-4-2-6-17(19)20/h1-13,20,24H,(H,23,25). The third-order valence-electron chi connectivity index (χ3n) is 4.22. The van der Waals surface area contributed by atoms with E-state index in [1.54, 1.807) is 24.3 Å². The molecule has 0 radical (unpaired) electrons. The van der Waals surface area contributed by atoms with Crippen molar-refractivity contribution in [2.45, 2.75) is 5.92 Å². The molecule has 0 spiro atoms. The number of nitrogens with zero attached hydrogens (tertiary/aromatic N) is 1. The Morgan fingerprint density at radius 3 is 2.12 bits per heavy atom. The Morgan fingerprint density at radius 2 is 1.50 bits per heavy atom. The molecule has 0 aliphatic carbocycles. The number of ether oxygens (including phenoxy) is 1. The molecule has 0 atom stereocenters. The molecule has 5 nitrogen and oxygen atoms in total. The van der Waals surface area contributed by atoms with E-state index in [2.05, 4.69) is 10.5 Å².